The van der Waals surface area contributed by atoms with Crippen molar-refractivity contribution in [3.63, 3.8) is 0 Å². The second-order valence-corrected chi connectivity index (χ2v) is 9.16. The highest BCUT2D eigenvalue weighted by atomic mass is 79.9. The fourth-order valence-corrected chi connectivity index (χ4v) is 5.83. The first-order chi connectivity index (χ1) is 13.0. The van der Waals surface area contributed by atoms with Gasteiger partial charge < -0.3 is 0 Å². The number of halogens is 1. The first-order valence-corrected chi connectivity index (χ1v) is 10.4. The van der Waals surface area contributed by atoms with Crippen LogP contribution in [0.3, 0.4) is 0 Å². The molecule has 0 amide bonds. The van der Waals surface area contributed by atoms with Crippen molar-refractivity contribution in [1.29, 1.82) is 0 Å². The molecule has 0 spiro atoms. The lowest BCUT2D eigenvalue weighted by Crippen LogP contribution is -2.25. The van der Waals surface area contributed by atoms with Crippen LogP contribution < -0.4 is 0 Å². The molecule has 27 heavy (non-hydrogen) atoms. The summed E-state index contributed by atoms with van der Waals surface area (Å²) in [6.07, 6.45) is 11.2. The molecule has 3 aliphatic carbocycles. The molecule has 1 aromatic heterocycles. The van der Waals surface area contributed by atoms with Gasteiger partial charge in [-0.25, -0.2) is 0 Å². The average molecular weight is 416 g/mol. The highest BCUT2D eigenvalue weighted by Gasteiger charge is 2.42. The molecule has 0 saturated heterocycles. The van der Waals surface area contributed by atoms with Crippen molar-refractivity contribution in [2.24, 2.45) is 5.41 Å². The zero-order valence-electron chi connectivity index (χ0n) is 15.8. The van der Waals surface area contributed by atoms with Gasteiger partial charge in [0.2, 0.25) is 0 Å². The summed E-state index contributed by atoms with van der Waals surface area (Å²) in [5.74, 6) is 0.381. The molecule has 2 heteroatoms. The normalized spacial score (nSPS) is 23.0. The lowest BCUT2D eigenvalue weighted by molar-refractivity contribution is 0.405. The highest BCUT2D eigenvalue weighted by Crippen LogP contribution is 2.57. The summed E-state index contributed by atoms with van der Waals surface area (Å²) in [6.45, 7) is 7.03. The van der Waals surface area contributed by atoms with E-state index in [9.17, 15) is 0 Å². The fourth-order valence-electron chi connectivity index (χ4n) is 5.06. The zero-order chi connectivity index (χ0) is 18.8. The van der Waals surface area contributed by atoms with E-state index in [-0.39, 0.29) is 10.2 Å². The van der Waals surface area contributed by atoms with E-state index >= 15 is 0 Å². The van der Waals surface area contributed by atoms with Crippen molar-refractivity contribution in [3.05, 3.63) is 99.4 Å². The largest absolute Gasteiger partial charge is 0.257 e. The zero-order valence-corrected chi connectivity index (χ0v) is 17.4. The van der Waals surface area contributed by atoms with Crippen LogP contribution in [0, 0.1) is 5.41 Å². The fraction of sp³-hybridized carbons (Fsp3) is 0.240. The van der Waals surface area contributed by atoms with E-state index in [1.54, 1.807) is 0 Å². The van der Waals surface area contributed by atoms with Gasteiger partial charge in [-0.3, -0.25) is 4.98 Å². The van der Waals surface area contributed by atoms with Gasteiger partial charge in [-0.15, -0.1) is 0 Å². The number of alkyl halides is 1. The molecule has 0 saturated carbocycles. The van der Waals surface area contributed by atoms with Crippen LogP contribution in [-0.4, -0.2) is 4.98 Å². The second kappa shape index (κ2) is 5.90. The summed E-state index contributed by atoms with van der Waals surface area (Å²) in [5.41, 5.74) is 10.7. The summed E-state index contributed by atoms with van der Waals surface area (Å²) < 4.78 is 0. The van der Waals surface area contributed by atoms with E-state index in [2.05, 4.69) is 96.3 Å². The van der Waals surface area contributed by atoms with Crippen LogP contribution in [0.2, 0.25) is 0 Å². The second-order valence-electron chi connectivity index (χ2n) is 8.24. The van der Waals surface area contributed by atoms with E-state index in [0.717, 1.165) is 5.69 Å². The molecule has 0 bridgehead atoms. The predicted octanol–water partition coefficient (Wildman–Crippen LogP) is 7.01. The number of allylic oxidation sites excluding steroid dienone is 6. The first kappa shape index (κ1) is 16.9. The molecule has 5 rings (SSSR count). The maximum atomic E-state index is 4.63. The van der Waals surface area contributed by atoms with Gasteiger partial charge in [0.25, 0.3) is 0 Å². The third kappa shape index (κ3) is 2.39. The smallest absolute Gasteiger partial charge is 0.0682 e. The summed E-state index contributed by atoms with van der Waals surface area (Å²) in [4.78, 5) is 4.84. The van der Waals surface area contributed by atoms with E-state index < -0.39 is 0 Å². The number of fused-ring (bicyclic) bond motifs is 3. The van der Waals surface area contributed by atoms with Crippen LogP contribution in [0.1, 0.15) is 53.9 Å². The van der Waals surface area contributed by atoms with Gasteiger partial charge in [0, 0.05) is 17.5 Å². The molecule has 2 unspecified atom stereocenters. The van der Waals surface area contributed by atoms with Crippen molar-refractivity contribution in [2.45, 2.75) is 31.5 Å². The van der Waals surface area contributed by atoms with Crippen molar-refractivity contribution in [3.8, 4) is 0 Å². The predicted molar refractivity (Wildman–Crippen MR) is 117 cm³/mol. The van der Waals surface area contributed by atoms with Crippen LogP contribution in [0.5, 0.6) is 0 Å². The van der Waals surface area contributed by atoms with Gasteiger partial charge in [0.1, 0.15) is 0 Å². The number of hydrogen-bond acceptors (Lipinski definition) is 1. The van der Waals surface area contributed by atoms with Crippen molar-refractivity contribution in [1.82, 2.24) is 4.98 Å². The van der Waals surface area contributed by atoms with Gasteiger partial charge in [-0.1, -0.05) is 78.3 Å². The maximum absolute atomic E-state index is 4.63. The molecule has 2 atom stereocenters. The average Bonchev–Trinajstić information content (AvgIpc) is 3.23. The van der Waals surface area contributed by atoms with Crippen molar-refractivity contribution in [2.75, 3.05) is 0 Å². The minimum atomic E-state index is -0.00370. The third-order valence-corrected chi connectivity index (χ3v) is 7.25. The minimum Gasteiger partial charge on any atom is -0.257 e. The molecule has 1 aromatic carbocycles. The molecular weight excluding hydrogens is 394 g/mol. The SMILES string of the molecule is CC1=C(C(C)(C)C2C=Cc3ccccc32)C2=Cc3ncccc3C(Br)C2=C1. The number of nitrogens with zero attached hydrogens (tertiary/aromatic N) is 1. The lowest BCUT2D eigenvalue weighted by Gasteiger charge is -2.37. The number of pyridine rings is 1. The van der Waals surface area contributed by atoms with Gasteiger partial charge in [-0.2, -0.15) is 0 Å². The molecule has 0 N–H and O–H groups in total. The number of hydrogen-bond donors (Lipinski definition) is 0. The van der Waals surface area contributed by atoms with Gasteiger partial charge in [0.15, 0.2) is 0 Å². The van der Waals surface area contributed by atoms with Gasteiger partial charge in [0.05, 0.1) is 10.5 Å². The molecule has 1 heterocycles. The topological polar surface area (TPSA) is 12.9 Å². The summed E-state index contributed by atoms with van der Waals surface area (Å²) >= 11 is 3.94. The van der Waals surface area contributed by atoms with E-state index in [4.69, 9.17) is 0 Å². The van der Waals surface area contributed by atoms with Gasteiger partial charge in [-0.05, 0) is 58.0 Å². The van der Waals surface area contributed by atoms with Gasteiger partial charge >= 0.3 is 0 Å². The van der Waals surface area contributed by atoms with E-state index in [1.807, 2.05) is 12.3 Å². The quantitative estimate of drug-likeness (QED) is 0.480. The van der Waals surface area contributed by atoms with Crippen LogP contribution in [0.4, 0.5) is 0 Å². The maximum Gasteiger partial charge on any atom is 0.0682 e. The summed E-state index contributed by atoms with van der Waals surface area (Å²) in [5, 5.41) is 0. The minimum absolute atomic E-state index is 0.00370. The van der Waals surface area contributed by atoms with E-state index in [0.29, 0.717) is 5.92 Å². The Labute approximate surface area is 169 Å². The Morgan fingerprint density at radius 1 is 1.00 bits per heavy atom. The molecule has 0 aliphatic heterocycles. The first-order valence-electron chi connectivity index (χ1n) is 9.50. The molecule has 3 aliphatic rings. The van der Waals surface area contributed by atoms with Crippen LogP contribution in [0.25, 0.3) is 12.2 Å². The standard InChI is InChI=1S/C25H22BrN/c1-15-13-20-19(14-22-18(24(20)26)9-6-12-27-22)23(15)25(2,3)21-11-10-16-7-4-5-8-17(16)21/h4-14,21,24H,1-3H3. The number of benzene rings is 1. The highest BCUT2D eigenvalue weighted by molar-refractivity contribution is 9.09. The summed E-state index contributed by atoms with van der Waals surface area (Å²) in [7, 11) is 0. The molecule has 0 fully saturated rings. The Morgan fingerprint density at radius 3 is 2.63 bits per heavy atom. The molecule has 2 aromatic rings. The van der Waals surface area contributed by atoms with Crippen molar-refractivity contribution >= 4 is 28.1 Å². The Morgan fingerprint density at radius 2 is 1.78 bits per heavy atom. The Hall–Kier alpha value is -2.19. The Kier molecular flexibility index (Phi) is 3.70. The van der Waals surface area contributed by atoms with Crippen LogP contribution in [0.15, 0.2) is 77.0 Å². The Bertz CT molecular complexity index is 1080. The van der Waals surface area contributed by atoms with E-state index in [1.165, 1.54) is 39.0 Å². The summed E-state index contributed by atoms with van der Waals surface area (Å²) in [6, 6.07) is 13.0. The molecule has 0 radical (unpaired) electrons. The van der Waals surface area contributed by atoms with Crippen LogP contribution >= 0.6 is 15.9 Å². The monoisotopic (exact) mass is 415 g/mol. The third-order valence-electron chi connectivity index (χ3n) is 6.27. The molecule has 134 valence electrons. The van der Waals surface area contributed by atoms with Crippen molar-refractivity contribution < 1.29 is 0 Å². The van der Waals surface area contributed by atoms with Crippen LogP contribution in [-0.2, 0) is 0 Å². The lowest BCUT2D eigenvalue weighted by atomic mass is 9.67. The Balaban J connectivity index is 1.63. The number of aromatic nitrogens is 1. The molecular formula is C25H22BrN. The number of rotatable bonds is 2. The molecule has 1 nitrogen and oxygen atoms in total.